The first-order chi connectivity index (χ1) is 12.4. The lowest BCUT2D eigenvalue weighted by molar-refractivity contribution is -0.139. The maximum absolute atomic E-state index is 13.0. The third-order valence-electron chi connectivity index (χ3n) is 5.66. The second-order valence-corrected chi connectivity index (χ2v) is 7.94. The Hall–Kier alpha value is -1.98. The average Bonchev–Trinajstić information content (AvgIpc) is 2.61. The van der Waals surface area contributed by atoms with Gasteiger partial charge in [0.2, 0.25) is 5.91 Å². The van der Waals surface area contributed by atoms with Crippen molar-refractivity contribution in [2.45, 2.75) is 59.3 Å². The van der Waals surface area contributed by atoms with Crippen LogP contribution in [0.25, 0.3) is 0 Å². The van der Waals surface area contributed by atoms with Crippen molar-refractivity contribution in [1.29, 1.82) is 0 Å². The lowest BCUT2D eigenvalue weighted by atomic mass is 9.73. The maximum Gasteiger partial charge on any atom is 0.272 e. The molecule has 2 saturated heterocycles. The number of rotatable bonds is 4. The van der Waals surface area contributed by atoms with Crippen molar-refractivity contribution < 1.29 is 9.59 Å². The molecule has 2 aliphatic rings. The van der Waals surface area contributed by atoms with E-state index in [0.717, 1.165) is 64.0 Å². The summed E-state index contributed by atoms with van der Waals surface area (Å²) in [6.07, 6.45) is 5.72. The summed E-state index contributed by atoms with van der Waals surface area (Å²) < 4.78 is 0. The van der Waals surface area contributed by atoms with E-state index >= 15 is 0 Å². The molecule has 0 aliphatic carbocycles. The lowest BCUT2D eigenvalue weighted by Crippen LogP contribution is -2.55. The van der Waals surface area contributed by atoms with E-state index in [9.17, 15) is 9.59 Å². The molecule has 1 aromatic rings. The number of hydrogen-bond donors (Lipinski definition) is 0. The van der Waals surface area contributed by atoms with Crippen molar-refractivity contribution in [3.8, 4) is 0 Å². The highest BCUT2D eigenvalue weighted by Crippen LogP contribution is 2.39. The zero-order valence-corrected chi connectivity index (χ0v) is 16.3. The molecule has 142 valence electrons. The molecule has 3 rings (SSSR count). The minimum atomic E-state index is -0.00492. The second kappa shape index (κ2) is 7.72. The minimum Gasteiger partial charge on any atom is -0.342 e. The third kappa shape index (κ3) is 4.05. The normalized spacial score (nSPS) is 23.6. The third-order valence-corrected chi connectivity index (χ3v) is 5.66. The average molecular weight is 358 g/mol. The van der Waals surface area contributed by atoms with Crippen LogP contribution in [0.5, 0.6) is 0 Å². The summed E-state index contributed by atoms with van der Waals surface area (Å²) in [7, 11) is 0. The molecule has 1 unspecified atom stereocenters. The van der Waals surface area contributed by atoms with Crippen molar-refractivity contribution in [2.24, 2.45) is 5.41 Å². The van der Waals surface area contributed by atoms with Crippen LogP contribution in [0.1, 0.15) is 67.5 Å². The molecule has 0 bridgehead atoms. The first kappa shape index (κ1) is 18.8. The summed E-state index contributed by atoms with van der Waals surface area (Å²) in [4.78, 5) is 37.8. The Balaban J connectivity index is 1.73. The van der Waals surface area contributed by atoms with Gasteiger partial charge in [0, 0.05) is 43.7 Å². The van der Waals surface area contributed by atoms with Crippen molar-refractivity contribution in [3.05, 3.63) is 23.3 Å². The summed E-state index contributed by atoms with van der Waals surface area (Å²) in [5.41, 5.74) is 1.36. The van der Waals surface area contributed by atoms with E-state index in [0.29, 0.717) is 17.9 Å². The Morgan fingerprint density at radius 2 is 2.04 bits per heavy atom. The van der Waals surface area contributed by atoms with Crippen molar-refractivity contribution in [1.82, 2.24) is 19.8 Å². The van der Waals surface area contributed by atoms with E-state index in [1.165, 1.54) is 0 Å². The van der Waals surface area contributed by atoms with E-state index < -0.39 is 0 Å². The highest BCUT2D eigenvalue weighted by molar-refractivity contribution is 5.92. The maximum atomic E-state index is 13.0. The number of nitrogens with zero attached hydrogens (tertiary/aromatic N) is 4. The molecule has 0 aromatic carbocycles. The van der Waals surface area contributed by atoms with Gasteiger partial charge in [0.1, 0.15) is 11.5 Å². The summed E-state index contributed by atoms with van der Waals surface area (Å²) in [6.45, 7) is 8.99. The number of unbranched alkanes of at least 4 members (excludes halogenated alkanes) is 1. The molecule has 2 fully saturated rings. The largest absolute Gasteiger partial charge is 0.342 e. The lowest BCUT2D eigenvalue weighted by Gasteiger charge is -2.48. The van der Waals surface area contributed by atoms with Crippen LogP contribution in [-0.4, -0.2) is 57.8 Å². The van der Waals surface area contributed by atoms with Crippen LogP contribution in [0.4, 0.5) is 0 Å². The number of carbonyl (C=O) groups excluding carboxylic acids is 2. The molecule has 1 atom stereocenters. The molecule has 2 amide bonds. The van der Waals surface area contributed by atoms with Gasteiger partial charge in [-0.3, -0.25) is 9.59 Å². The highest BCUT2D eigenvalue weighted by Gasteiger charge is 2.42. The fourth-order valence-electron chi connectivity index (χ4n) is 4.36. The predicted molar refractivity (Wildman–Crippen MR) is 99.8 cm³/mol. The van der Waals surface area contributed by atoms with Gasteiger partial charge in [-0.05, 0) is 45.6 Å². The summed E-state index contributed by atoms with van der Waals surface area (Å²) >= 11 is 0. The minimum absolute atomic E-state index is 0.00492. The Bertz CT molecular complexity index is 670. The number of aryl methyl sites for hydroxylation is 2. The molecule has 0 saturated carbocycles. The van der Waals surface area contributed by atoms with Gasteiger partial charge in [0.05, 0.1) is 0 Å². The van der Waals surface area contributed by atoms with Gasteiger partial charge in [-0.25, -0.2) is 9.97 Å². The van der Waals surface area contributed by atoms with Crippen LogP contribution in [0.15, 0.2) is 6.07 Å². The van der Waals surface area contributed by atoms with Crippen LogP contribution in [-0.2, 0) is 4.79 Å². The van der Waals surface area contributed by atoms with E-state index in [4.69, 9.17) is 0 Å². The molecule has 3 heterocycles. The van der Waals surface area contributed by atoms with Gasteiger partial charge in [-0.1, -0.05) is 13.3 Å². The van der Waals surface area contributed by atoms with Crippen molar-refractivity contribution in [2.75, 3.05) is 26.2 Å². The van der Waals surface area contributed by atoms with Crippen LogP contribution < -0.4 is 0 Å². The van der Waals surface area contributed by atoms with Gasteiger partial charge in [-0.2, -0.15) is 0 Å². The molecule has 6 nitrogen and oxygen atoms in total. The van der Waals surface area contributed by atoms with E-state index in [-0.39, 0.29) is 17.2 Å². The highest BCUT2D eigenvalue weighted by atomic mass is 16.2. The smallest absolute Gasteiger partial charge is 0.272 e. The molecule has 26 heavy (non-hydrogen) atoms. The van der Waals surface area contributed by atoms with Gasteiger partial charge in [-0.15, -0.1) is 0 Å². The van der Waals surface area contributed by atoms with Crippen molar-refractivity contribution >= 4 is 11.8 Å². The fourth-order valence-corrected chi connectivity index (χ4v) is 4.36. The Morgan fingerprint density at radius 1 is 1.23 bits per heavy atom. The monoisotopic (exact) mass is 358 g/mol. The number of amides is 2. The Kier molecular flexibility index (Phi) is 5.58. The number of aromatic nitrogens is 2. The molecule has 0 N–H and O–H groups in total. The van der Waals surface area contributed by atoms with Crippen LogP contribution in [0, 0.1) is 19.3 Å². The second-order valence-electron chi connectivity index (χ2n) is 7.94. The SMILES string of the molecule is CCCCN1CC2(CCCN(C(=O)c3cc(C)nc(C)n3)C2)CCC1=O. The number of hydrogen-bond acceptors (Lipinski definition) is 4. The van der Waals surface area contributed by atoms with Crippen LogP contribution >= 0.6 is 0 Å². The molecular weight excluding hydrogens is 328 g/mol. The Morgan fingerprint density at radius 3 is 2.77 bits per heavy atom. The fraction of sp³-hybridized carbons (Fsp3) is 0.700. The number of carbonyl (C=O) groups is 2. The van der Waals surface area contributed by atoms with Crippen molar-refractivity contribution in [3.63, 3.8) is 0 Å². The van der Waals surface area contributed by atoms with E-state index in [1.54, 1.807) is 6.07 Å². The van der Waals surface area contributed by atoms with Gasteiger partial charge < -0.3 is 9.80 Å². The van der Waals surface area contributed by atoms with Gasteiger partial charge in [0.25, 0.3) is 5.91 Å². The molecule has 2 aliphatic heterocycles. The molecular formula is C20H30N4O2. The first-order valence-corrected chi connectivity index (χ1v) is 9.82. The van der Waals surface area contributed by atoms with Crippen LogP contribution in [0.2, 0.25) is 0 Å². The standard InChI is InChI=1S/C20H30N4O2/c1-4-5-10-23-13-20(9-7-18(23)25)8-6-11-24(14-20)19(26)17-12-15(2)21-16(3)22-17/h12H,4-11,13-14H2,1-3H3. The topological polar surface area (TPSA) is 66.4 Å². The summed E-state index contributed by atoms with van der Waals surface area (Å²) in [6, 6.07) is 1.77. The molecule has 1 aromatic heterocycles. The first-order valence-electron chi connectivity index (χ1n) is 9.82. The van der Waals surface area contributed by atoms with E-state index in [1.807, 2.05) is 23.6 Å². The number of likely N-dealkylation sites (tertiary alicyclic amines) is 2. The summed E-state index contributed by atoms with van der Waals surface area (Å²) in [5.74, 6) is 0.901. The summed E-state index contributed by atoms with van der Waals surface area (Å²) in [5, 5.41) is 0. The van der Waals surface area contributed by atoms with Gasteiger partial charge in [0.15, 0.2) is 0 Å². The van der Waals surface area contributed by atoms with Gasteiger partial charge >= 0.3 is 0 Å². The number of piperidine rings is 2. The molecule has 0 radical (unpaired) electrons. The Labute approximate surface area is 156 Å². The molecule has 1 spiro atoms. The van der Waals surface area contributed by atoms with Crippen LogP contribution in [0.3, 0.4) is 0 Å². The zero-order chi connectivity index (χ0) is 18.7. The quantitative estimate of drug-likeness (QED) is 0.830. The molecule has 6 heteroatoms. The van der Waals surface area contributed by atoms with E-state index in [2.05, 4.69) is 16.9 Å². The zero-order valence-electron chi connectivity index (χ0n) is 16.3. The predicted octanol–water partition coefficient (Wildman–Crippen LogP) is 2.74.